The number of anilines is 1. The summed E-state index contributed by atoms with van der Waals surface area (Å²) in [6.07, 6.45) is 1.18. The lowest BCUT2D eigenvalue weighted by molar-refractivity contribution is 0.0940. The topological polar surface area (TPSA) is 66.5 Å². The number of sulfonamides is 1. The maximum atomic E-state index is 12.6. The van der Waals surface area contributed by atoms with Gasteiger partial charge in [-0.2, -0.15) is 0 Å². The van der Waals surface area contributed by atoms with Crippen LogP contribution in [-0.4, -0.2) is 20.6 Å². The van der Waals surface area contributed by atoms with E-state index in [1.54, 1.807) is 24.3 Å². The van der Waals surface area contributed by atoms with Gasteiger partial charge in [-0.3, -0.25) is 9.10 Å². The predicted molar refractivity (Wildman–Crippen MR) is 116 cm³/mol. The zero-order chi connectivity index (χ0) is 20.9. The molecule has 1 unspecified atom stereocenters. The molecule has 3 aromatic carbocycles. The number of rotatable bonds is 7. The fraction of sp³-hybridized carbons (Fsp3) is 0.174. The Morgan fingerprint density at radius 3 is 2.00 bits per heavy atom. The van der Waals surface area contributed by atoms with E-state index in [0.29, 0.717) is 11.3 Å². The molecule has 0 heterocycles. The molecule has 0 bridgehead atoms. The highest BCUT2D eigenvalue weighted by atomic mass is 32.2. The molecule has 1 atom stereocenters. The van der Waals surface area contributed by atoms with Gasteiger partial charge in [0.05, 0.1) is 24.5 Å². The van der Waals surface area contributed by atoms with Crippen molar-refractivity contribution in [2.75, 3.05) is 10.6 Å². The molecule has 0 radical (unpaired) electrons. The van der Waals surface area contributed by atoms with Gasteiger partial charge in [0.25, 0.3) is 5.91 Å². The number of hydrogen-bond donors (Lipinski definition) is 1. The van der Waals surface area contributed by atoms with Crippen LogP contribution < -0.4 is 9.62 Å². The molecule has 1 amide bonds. The van der Waals surface area contributed by atoms with Gasteiger partial charge in [0.15, 0.2) is 0 Å². The Balaban J connectivity index is 1.76. The number of carbonyl (C=O) groups is 1. The third-order valence-electron chi connectivity index (χ3n) is 4.63. The van der Waals surface area contributed by atoms with Crippen molar-refractivity contribution in [3.05, 3.63) is 102 Å². The Bertz CT molecular complexity index is 1050. The average Bonchev–Trinajstić information content (AvgIpc) is 2.72. The maximum Gasteiger partial charge on any atom is 0.251 e. The number of amides is 1. The molecule has 0 aliphatic rings. The van der Waals surface area contributed by atoms with E-state index in [2.05, 4.69) is 5.32 Å². The highest BCUT2D eigenvalue weighted by Gasteiger charge is 2.19. The summed E-state index contributed by atoms with van der Waals surface area (Å²) in [5.41, 5.74) is 2.90. The van der Waals surface area contributed by atoms with Crippen LogP contribution in [0.3, 0.4) is 0 Å². The Labute approximate surface area is 172 Å². The van der Waals surface area contributed by atoms with Crippen molar-refractivity contribution in [1.82, 2.24) is 5.32 Å². The van der Waals surface area contributed by atoms with Crippen LogP contribution in [0.15, 0.2) is 84.9 Å². The van der Waals surface area contributed by atoms with Crippen LogP contribution in [0.5, 0.6) is 0 Å². The Morgan fingerprint density at radius 2 is 1.45 bits per heavy atom. The van der Waals surface area contributed by atoms with Crippen molar-refractivity contribution in [2.45, 2.75) is 19.5 Å². The number of carbonyl (C=O) groups excluding carboxylic acids is 1. The second kappa shape index (κ2) is 8.92. The predicted octanol–water partition coefficient (Wildman–Crippen LogP) is 4.14. The van der Waals surface area contributed by atoms with Gasteiger partial charge < -0.3 is 5.32 Å². The zero-order valence-electron chi connectivity index (χ0n) is 16.4. The molecular formula is C23H24N2O3S. The quantitative estimate of drug-likeness (QED) is 0.639. The Hall–Kier alpha value is -3.12. The lowest BCUT2D eigenvalue weighted by Gasteiger charge is -2.23. The highest BCUT2D eigenvalue weighted by Crippen LogP contribution is 2.22. The standard InChI is InChI=1S/C23H24N2O3S/c1-18(20-11-7-4-8-12-20)24-23(26)21-13-15-22(16-14-21)25(29(2,27)28)17-19-9-5-3-6-10-19/h3-16,18H,17H2,1-2H3,(H,24,26). The molecular weight excluding hydrogens is 384 g/mol. The van der Waals surface area contributed by atoms with Crippen molar-refractivity contribution in [1.29, 1.82) is 0 Å². The lowest BCUT2D eigenvalue weighted by Crippen LogP contribution is -2.29. The van der Waals surface area contributed by atoms with Crippen molar-refractivity contribution >= 4 is 21.6 Å². The molecule has 29 heavy (non-hydrogen) atoms. The van der Waals surface area contributed by atoms with Crippen LogP contribution in [0.25, 0.3) is 0 Å². The van der Waals surface area contributed by atoms with E-state index in [1.165, 1.54) is 10.6 Å². The summed E-state index contributed by atoms with van der Waals surface area (Å²) in [5.74, 6) is -0.207. The minimum absolute atomic E-state index is 0.131. The van der Waals surface area contributed by atoms with Crippen LogP contribution in [0.2, 0.25) is 0 Å². The summed E-state index contributed by atoms with van der Waals surface area (Å²) in [6.45, 7) is 2.16. The van der Waals surface area contributed by atoms with Gasteiger partial charge in [-0.1, -0.05) is 60.7 Å². The summed E-state index contributed by atoms with van der Waals surface area (Å²) < 4.78 is 25.9. The first-order valence-corrected chi connectivity index (χ1v) is 11.2. The highest BCUT2D eigenvalue weighted by molar-refractivity contribution is 7.92. The molecule has 1 N–H and O–H groups in total. The first-order valence-electron chi connectivity index (χ1n) is 9.32. The molecule has 0 aliphatic carbocycles. The molecule has 0 spiro atoms. The number of hydrogen-bond acceptors (Lipinski definition) is 3. The largest absolute Gasteiger partial charge is 0.346 e. The molecule has 150 valence electrons. The van der Waals surface area contributed by atoms with Crippen molar-refractivity contribution < 1.29 is 13.2 Å². The molecule has 5 nitrogen and oxygen atoms in total. The molecule has 3 rings (SSSR count). The van der Waals surface area contributed by atoms with Gasteiger partial charge in [-0.15, -0.1) is 0 Å². The minimum atomic E-state index is -3.47. The molecule has 0 saturated heterocycles. The van der Waals surface area contributed by atoms with E-state index < -0.39 is 10.0 Å². The van der Waals surface area contributed by atoms with Crippen LogP contribution in [0.1, 0.15) is 34.5 Å². The van der Waals surface area contributed by atoms with Crippen LogP contribution in [0.4, 0.5) is 5.69 Å². The Kier molecular flexibility index (Phi) is 6.34. The first-order chi connectivity index (χ1) is 13.8. The lowest BCUT2D eigenvalue weighted by atomic mass is 10.1. The summed E-state index contributed by atoms with van der Waals surface area (Å²) in [4.78, 5) is 12.6. The second-order valence-electron chi connectivity index (χ2n) is 6.91. The van der Waals surface area contributed by atoms with E-state index in [9.17, 15) is 13.2 Å². The summed E-state index contributed by atoms with van der Waals surface area (Å²) in [6, 6.07) is 25.6. The van der Waals surface area contributed by atoms with Crippen molar-refractivity contribution in [3.8, 4) is 0 Å². The van der Waals surface area contributed by atoms with Gasteiger partial charge in [0.1, 0.15) is 0 Å². The normalized spacial score (nSPS) is 12.2. The van der Waals surface area contributed by atoms with E-state index >= 15 is 0 Å². The fourth-order valence-corrected chi connectivity index (χ4v) is 3.92. The summed E-state index contributed by atoms with van der Waals surface area (Å²) in [7, 11) is -3.47. The van der Waals surface area contributed by atoms with E-state index in [0.717, 1.165) is 11.1 Å². The monoisotopic (exact) mass is 408 g/mol. The number of nitrogens with one attached hydrogen (secondary N) is 1. The molecule has 6 heteroatoms. The minimum Gasteiger partial charge on any atom is -0.346 e. The molecule has 0 aromatic heterocycles. The van der Waals surface area contributed by atoms with Crippen LogP contribution >= 0.6 is 0 Å². The molecule has 0 saturated carbocycles. The van der Waals surface area contributed by atoms with Gasteiger partial charge in [0.2, 0.25) is 10.0 Å². The fourth-order valence-electron chi connectivity index (χ4n) is 3.03. The first kappa shape index (κ1) is 20.6. The van der Waals surface area contributed by atoms with Crippen LogP contribution in [-0.2, 0) is 16.6 Å². The zero-order valence-corrected chi connectivity index (χ0v) is 17.3. The average molecular weight is 409 g/mol. The maximum absolute atomic E-state index is 12.6. The van der Waals surface area contributed by atoms with Crippen LogP contribution in [0, 0.1) is 0 Å². The summed E-state index contributed by atoms with van der Waals surface area (Å²) in [5, 5.41) is 2.96. The molecule has 0 aliphatic heterocycles. The van der Waals surface area contributed by atoms with E-state index in [4.69, 9.17) is 0 Å². The molecule has 3 aromatic rings. The van der Waals surface area contributed by atoms with Crippen molar-refractivity contribution in [3.63, 3.8) is 0 Å². The number of benzene rings is 3. The third-order valence-corrected chi connectivity index (χ3v) is 5.77. The van der Waals surface area contributed by atoms with Gasteiger partial charge in [-0.05, 0) is 42.3 Å². The Morgan fingerprint density at radius 1 is 0.897 bits per heavy atom. The third kappa shape index (κ3) is 5.45. The second-order valence-corrected chi connectivity index (χ2v) is 8.81. The van der Waals surface area contributed by atoms with E-state index in [1.807, 2.05) is 67.6 Å². The summed E-state index contributed by atoms with van der Waals surface area (Å²) >= 11 is 0. The van der Waals surface area contributed by atoms with Gasteiger partial charge >= 0.3 is 0 Å². The van der Waals surface area contributed by atoms with Gasteiger partial charge in [-0.25, -0.2) is 8.42 Å². The van der Waals surface area contributed by atoms with Crippen molar-refractivity contribution in [2.24, 2.45) is 0 Å². The van der Waals surface area contributed by atoms with E-state index in [-0.39, 0.29) is 18.5 Å². The smallest absolute Gasteiger partial charge is 0.251 e. The SMILES string of the molecule is CC(NC(=O)c1ccc(N(Cc2ccccc2)S(C)(=O)=O)cc1)c1ccccc1. The van der Waals surface area contributed by atoms with Gasteiger partial charge in [0, 0.05) is 5.56 Å². The number of nitrogens with zero attached hydrogens (tertiary/aromatic N) is 1. The molecule has 0 fully saturated rings.